The highest BCUT2D eigenvalue weighted by Gasteiger charge is 2.21. The van der Waals surface area contributed by atoms with E-state index >= 15 is 0 Å². The highest BCUT2D eigenvalue weighted by Crippen LogP contribution is 2.31. The molecule has 5 heteroatoms. The number of anilines is 1. The first-order valence-electron chi connectivity index (χ1n) is 5.18. The number of hydrogen-bond donors (Lipinski definition) is 2. The van der Waals surface area contributed by atoms with Crippen molar-refractivity contribution in [3.05, 3.63) is 16.7 Å². The van der Waals surface area contributed by atoms with Crippen LogP contribution in [0, 0.1) is 6.92 Å². The number of nitrogens with two attached hydrogens (primary N) is 1. The molecule has 0 spiro atoms. The summed E-state index contributed by atoms with van der Waals surface area (Å²) >= 11 is 5.95. The molecular formula is C10H15ClN4. The van der Waals surface area contributed by atoms with E-state index in [2.05, 4.69) is 15.3 Å². The molecule has 4 nitrogen and oxygen atoms in total. The normalized spacial score (nSPS) is 18.0. The molecular weight excluding hydrogens is 212 g/mol. The molecule has 2 rings (SSSR count). The second-order valence-corrected chi connectivity index (χ2v) is 4.24. The van der Waals surface area contributed by atoms with E-state index in [0.717, 1.165) is 31.6 Å². The van der Waals surface area contributed by atoms with Crippen LogP contribution in [0.4, 0.5) is 5.69 Å². The SMILES string of the molecule is Cc1nc(Cl)c(N)c(C2CCNCC2)n1. The number of rotatable bonds is 1. The van der Waals surface area contributed by atoms with Gasteiger partial charge in [0.05, 0.1) is 11.4 Å². The Bertz CT molecular complexity index is 361. The third-order valence-electron chi connectivity index (χ3n) is 2.77. The van der Waals surface area contributed by atoms with Crippen molar-refractivity contribution < 1.29 is 0 Å². The van der Waals surface area contributed by atoms with Gasteiger partial charge in [0.1, 0.15) is 5.82 Å². The van der Waals surface area contributed by atoms with Crippen molar-refractivity contribution >= 4 is 17.3 Å². The number of nitrogens with one attached hydrogen (secondary N) is 1. The van der Waals surface area contributed by atoms with Crippen LogP contribution in [0.3, 0.4) is 0 Å². The molecule has 1 aliphatic heterocycles. The summed E-state index contributed by atoms with van der Waals surface area (Å²) in [5, 5.41) is 3.70. The Morgan fingerprint density at radius 3 is 2.67 bits per heavy atom. The summed E-state index contributed by atoms with van der Waals surface area (Å²) in [6.07, 6.45) is 2.13. The van der Waals surface area contributed by atoms with Crippen LogP contribution in [-0.2, 0) is 0 Å². The predicted molar refractivity (Wildman–Crippen MR) is 61.0 cm³/mol. The maximum Gasteiger partial charge on any atom is 0.155 e. The molecule has 0 aliphatic carbocycles. The van der Waals surface area contributed by atoms with Crippen LogP contribution >= 0.6 is 11.6 Å². The highest BCUT2D eigenvalue weighted by molar-refractivity contribution is 6.31. The van der Waals surface area contributed by atoms with Gasteiger partial charge in [0.15, 0.2) is 5.15 Å². The van der Waals surface area contributed by atoms with Crippen LogP contribution in [0.25, 0.3) is 0 Å². The topological polar surface area (TPSA) is 63.8 Å². The van der Waals surface area contributed by atoms with Crippen molar-refractivity contribution in [3.8, 4) is 0 Å². The summed E-state index contributed by atoms with van der Waals surface area (Å²) in [5.41, 5.74) is 7.38. The molecule has 0 radical (unpaired) electrons. The maximum atomic E-state index is 5.95. The van der Waals surface area contributed by atoms with Crippen LogP contribution in [-0.4, -0.2) is 23.1 Å². The number of aromatic nitrogens is 2. The highest BCUT2D eigenvalue weighted by atomic mass is 35.5. The number of halogens is 1. The van der Waals surface area contributed by atoms with E-state index in [9.17, 15) is 0 Å². The number of piperidine rings is 1. The second kappa shape index (κ2) is 4.33. The van der Waals surface area contributed by atoms with Crippen LogP contribution in [0.2, 0.25) is 5.15 Å². The molecule has 0 amide bonds. The van der Waals surface area contributed by atoms with Crippen LogP contribution in [0.1, 0.15) is 30.3 Å². The van der Waals surface area contributed by atoms with E-state index in [1.165, 1.54) is 0 Å². The largest absolute Gasteiger partial charge is 0.395 e. The summed E-state index contributed by atoms with van der Waals surface area (Å²) in [7, 11) is 0. The van der Waals surface area contributed by atoms with Gasteiger partial charge in [-0.05, 0) is 32.9 Å². The van der Waals surface area contributed by atoms with Gasteiger partial charge in [0.2, 0.25) is 0 Å². The average molecular weight is 227 g/mol. The van der Waals surface area contributed by atoms with E-state index in [0.29, 0.717) is 22.6 Å². The fraction of sp³-hybridized carbons (Fsp3) is 0.600. The predicted octanol–water partition coefficient (Wildman–Crippen LogP) is 1.49. The zero-order valence-corrected chi connectivity index (χ0v) is 9.51. The first-order chi connectivity index (χ1) is 7.18. The van der Waals surface area contributed by atoms with Crippen molar-refractivity contribution in [1.29, 1.82) is 0 Å². The van der Waals surface area contributed by atoms with Gasteiger partial charge in [-0.25, -0.2) is 9.97 Å². The lowest BCUT2D eigenvalue weighted by Crippen LogP contribution is -2.27. The molecule has 0 bridgehead atoms. The Balaban J connectivity index is 2.33. The molecule has 15 heavy (non-hydrogen) atoms. The minimum atomic E-state index is 0.385. The maximum absolute atomic E-state index is 5.95. The smallest absolute Gasteiger partial charge is 0.155 e. The minimum absolute atomic E-state index is 0.385. The first kappa shape index (κ1) is 10.6. The lowest BCUT2D eigenvalue weighted by atomic mass is 9.93. The molecule has 0 atom stereocenters. The van der Waals surface area contributed by atoms with Crippen molar-refractivity contribution in [2.75, 3.05) is 18.8 Å². The van der Waals surface area contributed by atoms with E-state index in [4.69, 9.17) is 17.3 Å². The summed E-state index contributed by atoms with van der Waals surface area (Å²) in [6.45, 7) is 3.88. The Morgan fingerprint density at radius 2 is 2.00 bits per heavy atom. The van der Waals surface area contributed by atoms with Crippen molar-refractivity contribution in [2.24, 2.45) is 0 Å². The lowest BCUT2D eigenvalue weighted by Gasteiger charge is -2.23. The first-order valence-corrected chi connectivity index (χ1v) is 5.56. The van der Waals surface area contributed by atoms with Gasteiger partial charge in [-0.3, -0.25) is 0 Å². The molecule has 0 saturated carbocycles. The number of nitrogen functional groups attached to an aromatic ring is 1. The van der Waals surface area contributed by atoms with Crippen LogP contribution < -0.4 is 11.1 Å². The van der Waals surface area contributed by atoms with E-state index in [-0.39, 0.29) is 0 Å². The Labute approximate surface area is 94.2 Å². The van der Waals surface area contributed by atoms with Gasteiger partial charge in [0.25, 0.3) is 0 Å². The number of hydrogen-bond acceptors (Lipinski definition) is 4. The lowest BCUT2D eigenvalue weighted by molar-refractivity contribution is 0.453. The van der Waals surface area contributed by atoms with Gasteiger partial charge >= 0.3 is 0 Å². The average Bonchev–Trinajstić information content (AvgIpc) is 2.24. The van der Waals surface area contributed by atoms with Gasteiger partial charge in [-0.2, -0.15) is 0 Å². The van der Waals surface area contributed by atoms with Gasteiger partial charge < -0.3 is 11.1 Å². The standard InChI is InChI=1S/C10H15ClN4/c1-6-14-9(8(12)10(11)15-6)7-2-4-13-5-3-7/h7,13H,2-5,12H2,1H3. The zero-order valence-electron chi connectivity index (χ0n) is 8.76. The Kier molecular flexibility index (Phi) is 3.07. The molecule has 3 N–H and O–H groups in total. The Hall–Kier alpha value is -0.870. The third kappa shape index (κ3) is 2.21. The monoisotopic (exact) mass is 226 g/mol. The zero-order chi connectivity index (χ0) is 10.8. The summed E-state index contributed by atoms with van der Waals surface area (Å²) < 4.78 is 0. The minimum Gasteiger partial charge on any atom is -0.395 e. The molecule has 2 heterocycles. The molecule has 0 unspecified atom stereocenters. The van der Waals surface area contributed by atoms with E-state index < -0.39 is 0 Å². The van der Waals surface area contributed by atoms with Crippen LogP contribution in [0.5, 0.6) is 0 Å². The quantitative estimate of drug-likeness (QED) is 0.713. The van der Waals surface area contributed by atoms with Gasteiger partial charge in [-0.1, -0.05) is 11.6 Å². The summed E-state index contributed by atoms with van der Waals surface area (Å²) in [6, 6.07) is 0. The molecule has 1 saturated heterocycles. The number of aryl methyl sites for hydroxylation is 1. The second-order valence-electron chi connectivity index (χ2n) is 3.88. The van der Waals surface area contributed by atoms with Crippen molar-refractivity contribution in [1.82, 2.24) is 15.3 Å². The molecule has 1 aromatic heterocycles. The third-order valence-corrected chi connectivity index (χ3v) is 3.05. The van der Waals surface area contributed by atoms with E-state index in [1.54, 1.807) is 0 Å². The van der Waals surface area contributed by atoms with Crippen molar-refractivity contribution in [2.45, 2.75) is 25.7 Å². The van der Waals surface area contributed by atoms with E-state index in [1.807, 2.05) is 6.92 Å². The fourth-order valence-corrected chi connectivity index (χ4v) is 2.19. The molecule has 82 valence electrons. The molecule has 0 aromatic carbocycles. The van der Waals surface area contributed by atoms with Crippen LogP contribution in [0.15, 0.2) is 0 Å². The van der Waals surface area contributed by atoms with Crippen molar-refractivity contribution in [3.63, 3.8) is 0 Å². The summed E-state index contributed by atoms with van der Waals surface area (Å²) in [5.74, 6) is 1.12. The molecule has 1 fully saturated rings. The molecule has 1 aliphatic rings. The summed E-state index contributed by atoms with van der Waals surface area (Å²) in [4.78, 5) is 8.45. The number of nitrogens with zero attached hydrogens (tertiary/aromatic N) is 2. The fourth-order valence-electron chi connectivity index (χ4n) is 1.97. The molecule has 1 aromatic rings. The van der Waals surface area contributed by atoms with Gasteiger partial charge in [-0.15, -0.1) is 0 Å². The Morgan fingerprint density at radius 1 is 1.33 bits per heavy atom. The van der Waals surface area contributed by atoms with Gasteiger partial charge in [0, 0.05) is 5.92 Å².